The molecule has 1 heterocycles. The molecule has 2 atom stereocenters. The lowest BCUT2D eigenvalue weighted by molar-refractivity contribution is 0.0812. The molecular formula is C14H21NO3S. The second-order valence-electron chi connectivity index (χ2n) is 4.88. The Morgan fingerprint density at radius 3 is 2.79 bits per heavy atom. The zero-order valence-electron chi connectivity index (χ0n) is 11.4. The SMILES string of the molecule is CCNC1CCOCC1S(=O)(=O)c1ccccc1C. The van der Waals surface area contributed by atoms with Gasteiger partial charge in [0.05, 0.1) is 11.5 Å². The van der Waals surface area contributed by atoms with Gasteiger partial charge in [0.2, 0.25) is 0 Å². The van der Waals surface area contributed by atoms with Gasteiger partial charge in [0.25, 0.3) is 0 Å². The van der Waals surface area contributed by atoms with E-state index in [0.29, 0.717) is 11.5 Å². The largest absolute Gasteiger partial charge is 0.380 e. The van der Waals surface area contributed by atoms with Gasteiger partial charge >= 0.3 is 0 Å². The Balaban J connectivity index is 2.35. The van der Waals surface area contributed by atoms with Crippen molar-refractivity contribution in [3.63, 3.8) is 0 Å². The van der Waals surface area contributed by atoms with Crippen LogP contribution in [0.4, 0.5) is 0 Å². The summed E-state index contributed by atoms with van der Waals surface area (Å²) in [6.45, 7) is 5.49. The molecular weight excluding hydrogens is 262 g/mol. The highest BCUT2D eigenvalue weighted by Crippen LogP contribution is 2.25. The molecule has 0 spiro atoms. The molecule has 2 rings (SSSR count). The first-order valence-corrected chi connectivity index (χ1v) is 8.22. The number of rotatable bonds is 4. The third-order valence-electron chi connectivity index (χ3n) is 3.57. The van der Waals surface area contributed by atoms with Crippen LogP contribution in [0.1, 0.15) is 18.9 Å². The predicted molar refractivity (Wildman–Crippen MR) is 75.1 cm³/mol. The molecule has 0 aromatic heterocycles. The van der Waals surface area contributed by atoms with Crippen LogP contribution in [0.5, 0.6) is 0 Å². The van der Waals surface area contributed by atoms with Crippen LogP contribution < -0.4 is 5.32 Å². The summed E-state index contributed by atoms with van der Waals surface area (Å²) < 4.78 is 30.9. The number of ether oxygens (including phenoxy) is 1. The average Bonchev–Trinajstić information content (AvgIpc) is 2.40. The van der Waals surface area contributed by atoms with Crippen molar-refractivity contribution in [2.45, 2.75) is 36.5 Å². The Morgan fingerprint density at radius 2 is 2.11 bits per heavy atom. The van der Waals surface area contributed by atoms with E-state index in [1.165, 1.54) is 0 Å². The Hall–Kier alpha value is -0.910. The van der Waals surface area contributed by atoms with E-state index < -0.39 is 15.1 Å². The molecule has 5 heteroatoms. The van der Waals surface area contributed by atoms with E-state index in [2.05, 4.69) is 5.32 Å². The van der Waals surface area contributed by atoms with Crippen molar-refractivity contribution in [3.8, 4) is 0 Å². The van der Waals surface area contributed by atoms with Gasteiger partial charge in [0.15, 0.2) is 9.84 Å². The molecule has 0 aliphatic carbocycles. The number of sulfone groups is 1. The van der Waals surface area contributed by atoms with Gasteiger partial charge in [-0.1, -0.05) is 25.1 Å². The van der Waals surface area contributed by atoms with E-state index in [1.54, 1.807) is 12.1 Å². The maximum atomic E-state index is 12.8. The Labute approximate surface area is 115 Å². The van der Waals surface area contributed by atoms with Gasteiger partial charge in [-0.25, -0.2) is 8.42 Å². The molecule has 1 aliphatic rings. The molecule has 0 radical (unpaired) electrons. The van der Waals surface area contributed by atoms with Crippen LogP contribution in [-0.2, 0) is 14.6 Å². The number of hydrogen-bond donors (Lipinski definition) is 1. The number of hydrogen-bond acceptors (Lipinski definition) is 4. The van der Waals surface area contributed by atoms with E-state index in [9.17, 15) is 8.42 Å². The highest BCUT2D eigenvalue weighted by molar-refractivity contribution is 7.92. The average molecular weight is 283 g/mol. The van der Waals surface area contributed by atoms with Crippen LogP contribution in [-0.4, -0.2) is 39.5 Å². The van der Waals surface area contributed by atoms with Gasteiger partial charge in [0, 0.05) is 12.6 Å². The molecule has 1 saturated heterocycles. The third kappa shape index (κ3) is 2.99. The fraction of sp³-hybridized carbons (Fsp3) is 0.571. The zero-order valence-corrected chi connectivity index (χ0v) is 12.2. The quantitative estimate of drug-likeness (QED) is 0.910. The van der Waals surface area contributed by atoms with Crippen molar-refractivity contribution in [1.82, 2.24) is 5.32 Å². The topological polar surface area (TPSA) is 55.4 Å². The maximum absolute atomic E-state index is 12.8. The molecule has 0 bridgehead atoms. The minimum absolute atomic E-state index is 0.0247. The molecule has 1 aromatic rings. The second-order valence-corrected chi connectivity index (χ2v) is 7.01. The summed E-state index contributed by atoms with van der Waals surface area (Å²) >= 11 is 0. The summed E-state index contributed by atoms with van der Waals surface area (Å²) in [5.74, 6) is 0. The van der Waals surface area contributed by atoms with Gasteiger partial charge in [-0.15, -0.1) is 0 Å². The van der Waals surface area contributed by atoms with Gasteiger partial charge in [-0.3, -0.25) is 0 Å². The molecule has 0 amide bonds. The van der Waals surface area contributed by atoms with E-state index in [0.717, 1.165) is 18.5 Å². The molecule has 1 aromatic carbocycles. The number of aryl methyl sites for hydroxylation is 1. The highest BCUT2D eigenvalue weighted by atomic mass is 32.2. The van der Waals surface area contributed by atoms with Crippen LogP contribution in [0.15, 0.2) is 29.2 Å². The normalized spacial score (nSPS) is 24.3. The van der Waals surface area contributed by atoms with E-state index >= 15 is 0 Å². The third-order valence-corrected chi connectivity index (χ3v) is 5.90. The van der Waals surface area contributed by atoms with Crippen molar-refractivity contribution >= 4 is 9.84 Å². The lowest BCUT2D eigenvalue weighted by Gasteiger charge is -2.32. The lowest BCUT2D eigenvalue weighted by Crippen LogP contribution is -2.50. The second kappa shape index (κ2) is 6.03. The van der Waals surface area contributed by atoms with Crippen LogP contribution >= 0.6 is 0 Å². The Kier molecular flexibility index (Phi) is 4.60. The van der Waals surface area contributed by atoms with Crippen LogP contribution in [0.3, 0.4) is 0 Å². The Bertz CT molecular complexity index is 525. The molecule has 1 aliphatic heterocycles. The summed E-state index contributed by atoms with van der Waals surface area (Å²) in [5.41, 5.74) is 0.795. The first kappa shape index (κ1) is 14.5. The van der Waals surface area contributed by atoms with E-state index in [4.69, 9.17) is 4.74 Å². The predicted octanol–water partition coefficient (Wildman–Crippen LogP) is 1.54. The van der Waals surface area contributed by atoms with E-state index in [1.807, 2.05) is 26.0 Å². The number of benzene rings is 1. The molecule has 19 heavy (non-hydrogen) atoms. The van der Waals surface area contributed by atoms with Crippen LogP contribution in [0.25, 0.3) is 0 Å². The van der Waals surface area contributed by atoms with Crippen LogP contribution in [0.2, 0.25) is 0 Å². The minimum Gasteiger partial charge on any atom is -0.380 e. The first-order chi connectivity index (χ1) is 9.07. The molecule has 106 valence electrons. The smallest absolute Gasteiger partial charge is 0.185 e. The molecule has 1 N–H and O–H groups in total. The summed E-state index contributed by atoms with van der Waals surface area (Å²) in [4.78, 5) is 0.424. The van der Waals surface area contributed by atoms with Crippen molar-refractivity contribution < 1.29 is 13.2 Å². The fourth-order valence-electron chi connectivity index (χ4n) is 2.55. The molecule has 4 nitrogen and oxygen atoms in total. The fourth-order valence-corrected chi connectivity index (χ4v) is 4.60. The maximum Gasteiger partial charge on any atom is 0.185 e. The molecule has 1 fully saturated rings. The minimum atomic E-state index is -3.35. The van der Waals surface area contributed by atoms with Crippen molar-refractivity contribution in [2.75, 3.05) is 19.8 Å². The summed E-state index contributed by atoms with van der Waals surface area (Å²) in [5, 5.41) is 2.77. The van der Waals surface area contributed by atoms with Gasteiger partial charge in [0.1, 0.15) is 5.25 Å². The van der Waals surface area contributed by atoms with Crippen molar-refractivity contribution in [1.29, 1.82) is 0 Å². The summed E-state index contributed by atoms with van der Waals surface area (Å²) in [6.07, 6.45) is 0.740. The highest BCUT2D eigenvalue weighted by Gasteiger charge is 2.37. The molecule has 2 unspecified atom stereocenters. The van der Waals surface area contributed by atoms with E-state index in [-0.39, 0.29) is 12.6 Å². The first-order valence-electron chi connectivity index (χ1n) is 6.68. The van der Waals surface area contributed by atoms with Gasteiger partial charge in [-0.2, -0.15) is 0 Å². The number of nitrogens with one attached hydrogen (secondary N) is 1. The standard InChI is InChI=1S/C14H21NO3S/c1-3-15-12-8-9-18-10-14(12)19(16,17)13-7-5-4-6-11(13)2/h4-7,12,14-15H,3,8-10H2,1-2H3. The summed E-state index contributed by atoms with van der Waals surface area (Å²) in [7, 11) is -3.35. The monoisotopic (exact) mass is 283 g/mol. The lowest BCUT2D eigenvalue weighted by atomic mass is 10.1. The van der Waals surface area contributed by atoms with Gasteiger partial charge in [-0.05, 0) is 31.5 Å². The van der Waals surface area contributed by atoms with Crippen molar-refractivity contribution in [2.24, 2.45) is 0 Å². The Morgan fingerprint density at radius 1 is 1.37 bits per heavy atom. The van der Waals surface area contributed by atoms with Gasteiger partial charge < -0.3 is 10.1 Å². The zero-order chi connectivity index (χ0) is 13.9. The van der Waals surface area contributed by atoms with Crippen LogP contribution in [0, 0.1) is 6.92 Å². The molecule has 0 saturated carbocycles. The summed E-state index contributed by atoms with van der Waals surface area (Å²) in [6, 6.07) is 7.11. The van der Waals surface area contributed by atoms with Crippen molar-refractivity contribution in [3.05, 3.63) is 29.8 Å².